The molecule has 0 radical (unpaired) electrons. The van der Waals surface area contributed by atoms with Crippen molar-refractivity contribution in [2.24, 2.45) is 0 Å². The van der Waals surface area contributed by atoms with Crippen LogP contribution in [0.15, 0.2) is 18.2 Å². The number of hydrogen-bond donors (Lipinski definition) is 1. The van der Waals surface area contributed by atoms with Gasteiger partial charge in [0.1, 0.15) is 5.60 Å². The van der Waals surface area contributed by atoms with Gasteiger partial charge in [0.05, 0.1) is 6.61 Å². The lowest BCUT2D eigenvalue weighted by Gasteiger charge is -2.35. The fourth-order valence-electron chi connectivity index (χ4n) is 2.95. The zero-order valence-corrected chi connectivity index (χ0v) is 17.2. The molecule has 1 saturated heterocycles. The SMILES string of the molecule is Cc1c(C(=O)N(C)C)cccc1N1CCO[C@H]([C@@H](O)C(=O)OC(C)(C)C)C1=O. The van der Waals surface area contributed by atoms with E-state index in [1.54, 1.807) is 60.0 Å². The summed E-state index contributed by atoms with van der Waals surface area (Å²) >= 11 is 0. The van der Waals surface area contributed by atoms with Crippen LogP contribution in [0.25, 0.3) is 0 Å². The summed E-state index contributed by atoms with van der Waals surface area (Å²) in [6, 6.07) is 5.11. The van der Waals surface area contributed by atoms with Crippen molar-refractivity contribution < 1.29 is 29.0 Å². The fourth-order valence-corrected chi connectivity index (χ4v) is 2.95. The van der Waals surface area contributed by atoms with Gasteiger partial charge in [-0.25, -0.2) is 4.79 Å². The number of morpholine rings is 1. The number of aliphatic hydroxyl groups is 1. The van der Waals surface area contributed by atoms with Gasteiger partial charge in [-0.05, 0) is 45.4 Å². The Hall–Kier alpha value is -2.45. The molecular weight excluding hydrogens is 364 g/mol. The van der Waals surface area contributed by atoms with Crippen molar-refractivity contribution >= 4 is 23.5 Å². The van der Waals surface area contributed by atoms with E-state index in [1.807, 2.05) is 0 Å². The standard InChI is InChI=1S/C20H28N2O6/c1-12-13(17(24)21(5)6)8-7-9-14(12)22-10-11-27-16(18(22)25)15(23)19(26)28-20(2,3)4/h7-9,15-16,23H,10-11H2,1-6H3/t15-,16-/m1/s1. The summed E-state index contributed by atoms with van der Waals surface area (Å²) in [6.07, 6.45) is -3.10. The average Bonchev–Trinajstić information content (AvgIpc) is 2.59. The molecule has 1 aliphatic rings. The zero-order valence-electron chi connectivity index (χ0n) is 17.2. The molecule has 1 heterocycles. The number of ether oxygens (including phenoxy) is 2. The van der Waals surface area contributed by atoms with Gasteiger partial charge in [0.15, 0.2) is 12.2 Å². The molecule has 2 rings (SSSR count). The molecule has 0 bridgehead atoms. The summed E-state index contributed by atoms with van der Waals surface area (Å²) < 4.78 is 10.5. The van der Waals surface area contributed by atoms with E-state index in [0.717, 1.165) is 0 Å². The molecule has 1 aromatic carbocycles. The van der Waals surface area contributed by atoms with Crippen LogP contribution in [0.5, 0.6) is 0 Å². The van der Waals surface area contributed by atoms with Crippen LogP contribution in [-0.2, 0) is 19.1 Å². The summed E-state index contributed by atoms with van der Waals surface area (Å²) in [5.41, 5.74) is 0.864. The highest BCUT2D eigenvalue weighted by Crippen LogP contribution is 2.27. The smallest absolute Gasteiger partial charge is 0.338 e. The first-order valence-electron chi connectivity index (χ1n) is 9.09. The van der Waals surface area contributed by atoms with E-state index >= 15 is 0 Å². The normalized spacial score (nSPS) is 18.6. The zero-order chi connectivity index (χ0) is 21.2. The number of esters is 1. The number of aliphatic hydroxyl groups excluding tert-OH is 1. The highest BCUT2D eigenvalue weighted by Gasteiger charge is 2.41. The van der Waals surface area contributed by atoms with Gasteiger partial charge in [-0.3, -0.25) is 9.59 Å². The number of amides is 2. The maximum atomic E-state index is 12.9. The van der Waals surface area contributed by atoms with Crippen LogP contribution < -0.4 is 4.90 Å². The van der Waals surface area contributed by atoms with Gasteiger partial charge in [0, 0.05) is 31.9 Å². The largest absolute Gasteiger partial charge is 0.458 e. The molecule has 0 aliphatic carbocycles. The summed E-state index contributed by atoms with van der Waals surface area (Å²) in [7, 11) is 3.31. The highest BCUT2D eigenvalue weighted by atomic mass is 16.6. The molecule has 8 nitrogen and oxygen atoms in total. The monoisotopic (exact) mass is 392 g/mol. The Kier molecular flexibility index (Phi) is 6.46. The second-order valence-electron chi connectivity index (χ2n) is 7.91. The fraction of sp³-hybridized carbons (Fsp3) is 0.550. The average molecular weight is 392 g/mol. The highest BCUT2D eigenvalue weighted by molar-refractivity contribution is 6.03. The van der Waals surface area contributed by atoms with Crippen LogP contribution in [0.3, 0.4) is 0 Å². The lowest BCUT2D eigenvalue weighted by Crippen LogP contribution is -2.55. The molecule has 2 atom stereocenters. The number of nitrogens with zero attached hydrogens (tertiary/aromatic N) is 2. The van der Waals surface area contributed by atoms with Crippen molar-refractivity contribution in [1.82, 2.24) is 4.90 Å². The van der Waals surface area contributed by atoms with Gasteiger partial charge >= 0.3 is 5.97 Å². The molecule has 1 aromatic rings. The Balaban J connectivity index is 2.29. The van der Waals surface area contributed by atoms with Crippen molar-refractivity contribution in [2.45, 2.75) is 45.5 Å². The minimum absolute atomic E-state index is 0.140. The van der Waals surface area contributed by atoms with Crippen molar-refractivity contribution in [1.29, 1.82) is 0 Å². The van der Waals surface area contributed by atoms with E-state index in [1.165, 1.54) is 9.80 Å². The van der Waals surface area contributed by atoms with E-state index in [-0.39, 0.29) is 19.1 Å². The van der Waals surface area contributed by atoms with E-state index in [4.69, 9.17) is 9.47 Å². The molecule has 1 aliphatic heterocycles. The second kappa shape index (κ2) is 8.28. The number of carbonyl (C=O) groups is 3. The summed E-state index contributed by atoms with van der Waals surface area (Å²) in [5.74, 6) is -1.64. The number of hydrogen-bond acceptors (Lipinski definition) is 6. The van der Waals surface area contributed by atoms with E-state index < -0.39 is 29.7 Å². The van der Waals surface area contributed by atoms with Crippen LogP contribution in [0.4, 0.5) is 5.69 Å². The van der Waals surface area contributed by atoms with Crippen LogP contribution in [0.1, 0.15) is 36.7 Å². The van der Waals surface area contributed by atoms with Crippen LogP contribution in [-0.4, -0.2) is 72.8 Å². The number of anilines is 1. The van der Waals surface area contributed by atoms with Gasteiger partial charge in [0.25, 0.3) is 11.8 Å². The molecular formula is C20H28N2O6. The van der Waals surface area contributed by atoms with Gasteiger partial charge in [-0.15, -0.1) is 0 Å². The Morgan fingerprint density at radius 2 is 1.96 bits per heavy atom. The van der Waals surface area contributed by atoms with Gasteiger partial charge < -0.3 is 24.4 Å². The molecule has 2 amide bonds. The second-order valence-corrected chi connectivity index (χ2v) is 7.91. The summed E-state index contributed by atoms with van der Waals surface area (Å²) in [4.78, 5) is 40.4. The number of rotatable bonds is 4. The molecule has 28 heavy (non-hydrogen) atoms. The van der Waals surface area contributed by atoms with Crippen LogP contribution in [0.2, 0.25) is 0 Å². The van der Waals surface area contributed by atoms with E-state index in [0.29, 0.717) is 16.8 Å². The topological polar surface area (TPSA) is 96.4 Å². The lowest BCUT2D eigenvalue weighted by molar-refractivity contribution is -0.177. The van der Waals surface area contributed by atoms with Gasteiger partial charge in [0.2, 0.25) is 0 Å². The van der Waals surface area contributed by atoms with Gasteiger partial charge in [-0.1, -0.05) is 6.07 Å². The molecule has 0 saturated carbocycles. The first-order valence-corrected chi connectivity index (χ1v) is 9.09. The van der Waals surface area contributed by atoms with Gasteiger partial charge in [-0.2, -0.15) is 0 Å². The minimum atomic E-state index is -1.73. The van der Waals surface area contributed by atoms with Crippen molar-refractivity contribution in [3.05, 3.63) is 29.3 Å². The van der Waals surface area contributed by atoms with Crippen LogP contribution >= 0.6 is 0 Å². The molecule has 0 spiro atoms. The third-order valence-electron chi connectivity index (χ3n) is 4.29. The molecule has 154 valence electrons. The van der Waals surface area contributed by atoms with E-state index in [9.17, 15) is 19.5 Å². The molecule has 1 fully saturated rings. The maximum absolute atomic E-state index is 12.9. The van der Waals surface area contributed by atoms with Crippen molar-refractivity contribution in [3.63, 3.8) is 0 Å². The molecule has 0 aromatic heterocycles. The van der Waals surface area contributed by atoms with Crippen molar-refractivity contribution in [2.75, 3.05) is 32.1 Å². The van der Waals surface area contributed by atoms with Crippen LogP contribution in [0, 0.1) is 6.92 Å². The quantitative estimate of drug-likeness (QED) is 0.772. The first-order chi connectivity index (χ1) is 12.9. The minimum Gasteiger partial charge on any atom is -0.458 e. The molecule has 1 N–H and O–H groups in total. The third kappa shape index (κ3) is 4.69. The number of carbonyl (C=O) groups excluding carboxylic acids is 3. The predicted octanol–water partition coefficient (Wildman–Crippen LogP) is 1.13. The maximum Gasteiger partial charge on any atom is 0.338 e. The predicted molar refractivity (Wildman–Crippen MR) is 103 cm³/mol. The van der Waals surface area contributed by atoms with Crippen molar-refractivity contribution in [3.8, 4) is 0 Å². The Bertz CT molecular complexity index is 768. The third-order valence-corrected chi connectivity index (χ3v) is 4.29. The lowest BCUT2D eigenvalue weighted by atomic mass is 10.0. The number of benzene rings is 1. The molecule has 0 unspecified atom stereocenters. The Labute approximate surface area is 165 Å². The Morgan fingerprint density at radius 1 is 1.32 bits per heavy atom. The summed E-state index contributed by atoms with van der Waals surface area (Å²) in [5, 5.41) is 10.3. The Morgan fingerprint density at radius 3 is 2.54 bits per heavy atom. The molecule has 8 heteroatoms. The van der Waals surface area contributed by atoms with E-state index in [2.05, 4.69) is 0 Å². The first kappa shape index (κ1) is 21.8. The summed E-state index contributed by atoms with van der Waals surface area (Å²) in [6.45, 7) is 7.16.